The standard InChI is InChI=1S/C20H12O4/c21-11-5-7-13(23)19-16-10-4-2-1-3-9(10)15(17(11)19)18-12(22)6-8-14(24)20(16)18/h1-8,15-17,19H. The summed E-state index contributed by atoms with van der Waals surface area (Å²) in [6, 6.07) is 7.54. The maximum atomic E-state index is 12.6. The van der Waals surface area contributed by atoms with Crippen molar-refractivity contribution >= 4 is 23.1 Å². The third-order valence-electron chi connectivity index (χ3n) is 5.67. The van der Waals surface area contributed by atoms with Crippen LogP contribution in [0.5, 0.6) is 0 Å². The lowest BCUT2D eigenvalue weighted by molar-refractivity contribution is -0.132. The van der Waals surface area contributed by atoms with E-state index in [0.717, 1.165) is 11.1 Å². The molecule has 0 saturated carbocycles. The van der Waals surface area contributed by atoms with Gasteiger partial charge in [0.25, 0.3) is 0 Å². The zero-order chi connectivity index (χ0) is 16.6. The number of hydrogen-bond donors (Lipinski definition) is 0. The van der Waals surface area contributed by atoms with Gasteiger partial charge < -0.3 is 0 Å². The predicted molar refractivity (Wildman–Crippen MR) is 84.2 cm³/mol. The molecule has 5 aliphatic rings. The molecule has 0 saturated heterocycles. The Hall–Kier alpha value is -2.88. The third kappa shape index (κ3) is 1.44. The lowest BCUT2D eigenvalue weighted by atomic mass is 9.50. The first-order valence-electron chi connectivity index (χ1n) is 7.95. The molecular weight excluding hydrogens is 304 g/mol. The second kappa shape index (κ2) is 4.35. The van der Waals surface area contributed by atoms with E-state index in [4.69, 9.17) is 0 Å². The van der Waals surface area contributed by atoms with Gasteiger partial charge in [-0.2, -0.15) is 0 Å². The van der Waals surface area contributed by atoms with E-state index in [1.54, 1.807) is 0 Å². The van der Waals surface area contributed by atoms with Crippen molar-refractivity contribution in [1.29, 1.82) is 0 Å². The van der Waals surface area contributed by atoms with Gasteiger partial charge in [-0.05, 0) is 35.4 Å². The maximum Gasteiger partial charge on any atom is 0.183 e. The molecule has 2 bridgehead atoms. The van der Waals surface area contributed by atoms with Crippen molar-refractivity contribution in [2.45, 2.75) is 11.8 Å². The summed E-state index contributed by atoms with van der Waals surface area (Å²) in [6.07, 6.45) is 5.20. The van der Waals surface area contributed by atoms with Gasteiger partial charge in [0, 0.05) is 34.8 Å². The Morgan fingerprint density at radius 1 is 0.583 bits per heavy atom. The van der Waals surface area contributed by atoms with Gasteiger partial charge in [-0.3, -0.25) is 19.2 Å². The summed E-state index contributed by atoms with van der Waals surface area (Å²) in [5.41, 5.74) is 2.64. The Balaban J connectivity index is 1.87. The minimum absolute atomic E-state index is 0.134. The van der Waals surface area contributed by atoms with Crippen molar-refractivity contribution in [2.75, 3.05) is 0 Å². The summed E-state index contributed by atoms with van der Waals surface area (Å²) in [4.78, 5) is 50.2. The van der Waals surface area contributed by atoms with Gasteiger partial charge in [-0.1, -0.05) is 24.3 Å². The summed E-state index contributed by atoms with van der Waals surface area (Å²) < 4.78 is 0. The molecule has 0 spiro atoms. The Labute approximate surface area is 137 Å². The average molecular weight is 316 g/mol. The predicted octanol–water partition coefficient (Wildman–Crippen LogP) is 1.83. The molecule has 4 nitrogen and oxygen atoms in total. The summed E-state index contributed by atoms with van der Waals surface area (Å²) >= 11 is 0. The zero-order valence-electron chi connectivity index (χ0n) is 12.6. The van der Waals surface area contributed by atoms with Crippen molar-refractivity contribution in [1.82, 2.24) is 0 Å². The van der Waals surface area contributed by atoms with Crippen LogP contribution in [0.15, 0.2) is 59.7 Å². The molecule has 6 rings (SSSR count). The first-order valence-corrected chi connectivity index (χ1v) is 7.95. The molecular formula is C20H12O4. The third-order valence-corrected chi connectivity index (χ3v) is 5.67. The van der Waals surface area contributed by atoms with E-state index in [-0.39, 0.29) is 23.1 Å². The minimum atomic E-state index is -0.579. The maximum absolute atomic E-state index is 12.6. The topological polar surface area (TPSA) is 68.3 Å². The molecule has 1 aromatic rings. The Morgan fingerprint density at radius 2 is 1.00 bits per heavy atom. The van der Waals surface area contributed by atoms with Crippen LogP contribution >= 0.6 is 0 Å². The second-order valence-corrected chi connectivity index (χ2v) is 6.66. The number of hydrogen-bond acceptors (Lipinski definition) is 4. The number of carbonyl (C=O) groups excluding carboxylic acids is 4. The molecule has 0 fully saturated rings. The molecule has 0 N–H and O–H groups in total. The Morgan fingerprint density at radius 3 is 1.42 bits per heavy atom. The van der Waals surface area contributed by atoms with Crippen LogP contribution < -0.4 is 0 Å². The fourth-order valence-corrected chi connectivity index (χ4v) is 4.86. The quantitative estimate of drug-likeness (QED) is 0.685. The lowest BCUT2D eigenvalue weighted by Crippen LogP contribution is -2.50. The molecule has 116 valence electrons. The van der Waals surface area contributed by atoms with Crippen LogP contribution in [0.2, 0.25) is 0 Å². The van der Waals surface area contributed by atoms with Crippen molar-refractivity contribution in [3.63, 3.8) is 0 Å². The van der Waals surface area contributed by atoms with Crippen LogP contribution in [-0.2, 0) is 19.2 Å². The number of benzene rings is 1. The van der Waals surface area contributed by atoms with E-state index in [9.17, 15) is 19.2 Å². The van der Waals surface area contributed by atoms with E-state index in [1.807, 2.05) is 24.3 Å². The van der Waals surface area contributed by atoms with Gasteiger partial charge in [0.1, 0.15) is 0 Å². The highest BCUT2D eigenvalue weighted by atomic mass is 16.1. The van der Waals surface area contributed by atoms with Gasteiger partial charge in [-0.25, -0.2) is 0 Å². The van der Waals surface area contributed by atoms with E-state index >= 15 is 0 Å². The van der Waals surface area contributed by atoms with Crippen LogP contribution in [0, 0.1) is 11.8 Å². The molecule has 0 amide bonds. The van der Waals surface area contributed by atoms with Crippen molar-refractivity contribution in [3.05, 3.63) is 70.8 Å². The Bertz CT molecular complexity index is 883. The molecule has 5 aliphatic carbocycles. The molecule has 4 heteroatoms. The number of rotatable bonds is 0. The number of allylic oxidation sites excluding steroid dienone is 6. The normalized spacial score (nSPS) is 32.8. The first-order chi connectivity index (χ1) is 11.6. The van der Waals surface area contributed by atoms with Crippen LogP contribution in [0.25, 0.3) is 0 Å². The van der Waals surface area contributed by atoms with Crippen LogP contribution in [0.1, 0.15) is 23.0 Å². The molecule has 1 aromatic carbocycles. The molecule has 24 heavy (non-hydrogen) atoms. The van der Waals surface area contributed by atoms with Crippen LogP contribution in [0.4, 0.5) is 0 Å². The SMILES string of the molecule is O=C1C=CC(=O)C2=C1C1c3ccccc3C2C2C(=O)C=CC(=O)C12. The lowest BCUT2D eigenvalue weighted by Gasteiger charge is -2.50. The average Bonchev–Trinajstić information content (AvgIpc) is 2.60. The fraction of sp³-hybridized carbons (Fsp3) is 0.200. The van der Waals surface area contributed by atoms with Crippen LogP contribution in [0.3, 0.4) is 0 Å². The molecule has 0 heterocycles. The van der Waals surface area contributed by atoms with Gasteiger partial charge in [0.05, 0.1) is 0 Å². The minimum Gasteiger partial charge on any atom is -0.294 e. The summed E-state index contributed by atoms with van der Waals surface area (Å²) in [5, 5.41) is 0. The van der Waals surface area contributed by atoms with Gasteiger partial charge >= 0.3 is 0 Å². The van der Waals surface area contributed by atoms with Crippen molar-refractivity contribution in [2.24, 2.45) is 11.8 Å². The fourth-order valence-electron chi connectivity index (χ4n) is 4.86. The summed E-state index contributed by atoms with van der Waals surface area (Å²) in [6.45, 7) is 0. The summed E-state index contributed by atoms with van der Waals surface area (Å²) in [5.74, 6) is -2.88. The summed E-state index contributed by atoms with van der Waals surface area (Å²) in [7, 11) is 0. The monoisotopic (exact) mass is 316 g/mol. The van der Waals surface area contributed by atoms with Gasteiger partial charge in [0.2, 0.25) is 0 Å². The Kier molecular flexibility index (Phi) is 2.46. The molecule has 4 atom stereocenters. The van der Waals surface area contributed by atoms with E-state index < -0.39 is 23.7 Å². The highest BCUT2D eigenvalue weighted by Crippen LogP contribution is 2.60. The van der Waals surface area contributed by atoms with E-state index in [2.05, 4.69) is 0 Å². The highest BCUT2D eigenvalue weighted by molar-refractivity contribution is 6.24. The second-order valence-electron chi connectivity index (χ2n) is 6.66. The molecule has 0 radical (unpaired) electrons. The van der Waals surface area contributed by atoms with E-state index in [1.165, 1.54) is 24.3 Å². The zero-order valence-corrected chi connectivity index (χ0v) is 12.6. The number of carbonyl (C=O) groups is 4. The molecule has 0 aromatic heterocycles. The van der Waals surface area contributed by atoms with E-state index in [0.29, 0.717) is 11.1 Å². The smallest absolute Gasteiger partial charge is 0.183 e. The number of ketones is 4. The molecule has 0 aliphatic heterocycles. The van der Waals surface area contributed by atoms with Gasteiger partial charge in [-0.15, -0.1) is 0 Å². The largest absolute Gasteiger partial charge is 0.294 e. The van der Waals surface area contributed by atoms with Gasteiger partial charge in [0.15, 0.2) is 23.1 Å². The highest BCUT2D eigenvalue weighted by Gasteiger charge is 2.58. The first kappa shape index (κ1) is 13.5. The van der Waals surface area contributed by atoms with Crippen molar-refractivity contribution in [3.8, 4) is 0 Å². The van der Waals surface area contributed by atoms with Crippen LogP contribution in [-0.4, -0.2) is 23.1 Å². The molecule has 4 unspecified atom stereocenters. The van der Waals surface area contributed by atoms with Crippen molar-refractivity contribution < 1.29 is 19.2 Å².